The van der Waals surface area contributed by atoms with E-state index in [-0.39, 0.29) is 0 Å². The van der Waals surface area contributed by atoms with Crippen molar-refractivity contribution in [3.63, 3.8) is 0 Å². The van der Waals surface area contributed by atoms with Gasteiger partial charge >= 0.3 is 0 Å². The second-order valence-corrected chi connectivity index (χ2v) is 5.93. The van der Waals surface area contributed by atoms with Crippen LogP contribution in [0.1, 0.15) is 70.6 Å². The molecule has 0 fully saturated rings. The van der Waals surface area contributed by atoms with E-state index in [4.69, 9.17) is 5.11 Å². The molecule has 0 saturated carbocycles. The van der Waals surface area contributed by atoms with E-state index >= 15 is 0 Å². The van der Waals surface area contributed by atoms with Crippen LogP contribution < -0.4 is 0 Å². The molecule has 0 spiro atoms. The van der Waals surface area contributed by atoms with Crippen LogP contribution in [0.25, 0.3) is 0 Å². The summed E-state index contributed by atoms with van der Waals surface area (Å²) in [4.78, 5) is 0. The first kappa shape index (κ1) is 19.2. The average molecular weight is 278 g/mol. The maximum atomic E-state index is 8.72. The molecule has 1 heteroatoms. The van der Waals surface area contributed by atoms with Crippen molar-refractivity contribution in [3.05, 3.63) is 38.0 Å². The second-order valence-electron chi connectivity index (χ2n) is 5.93. The van der Waals surface area contributed by atoms with E-state index in [1.165, 1.54) is 44.9 Å². The number of aliphatic hydroxyl groups excluding tert-OH is 1. The van der Waals surface area contributed by atoms with Crippen molar-refractivity contribution in [1.82, 2.24) is 0 Å². The lowest BCUT2D eigenvalue weighted by Crippen LogP contribution is -2.18. The van der Waals surface area contributed by atoms with Gasteiger partial charge in [0.05, 0.1) is 0 Å². The average Bonchev–Trinajstić information content (AvgIpc) is 2.43. The zero-order chi connectivity index (χ0) is 15.1. The third kappa shape index (κ3) is 9.14. The fourth-order valence-electron chi connectivity index (χ4n) is 2.97. The van der Waals surface area contributed by atoms with Crippen LogP contribution in [0.3, 0.4) is 0 Å². The lowest BCUT2D eigenvalue weighted by atomic mass is 9.74. The van der Waals surface area contributed by atoms with Gasteiger partial charge in [-0.15, -0.1) is 19.7 Å². The molecule has 0 aromatic heterocycles. The van der Waals surface area contributed by atoms with Gasteiger partial charge in [-0.1, -0.05) is 56.8 Å². The first-order chi connectivity index (χ1) is 9.74. The molecule has 0 saturated heterocycles. The van der Waals surface area contributed by atoms with Crippen LogP contribution in [-0.4, -0.2) is 11.7 Å². The van der Waals surface area contributed by atoms with E-state index in [0.717, 1.165) is 25.7 Å². The van der Waals surface area contributed by atoms with Crippen LogP contribution in [0.2, 0.25) is 0 Å². The Labute approximate surface area is 126 Å². The smallest absolute Gasteiger partial charge is 0.0431 e. The fraction of sp³-hybridized carbons (Fsp3) is 0.684. The molecule has 0 heterocycles. The van der Waals surface area contributed by atoms with E-state index in [2.05, 4.69) is 19.7 Å². The Morgan fingerprint density at radius 2 is 1.05 bits per heavy atom. The van der Waals surface area contributed by atoms with Crippen molar-refractivity contribution in [2.45, 2.75) is 70.6 Å². The highest BCUT2D eigenvalue weighted by atomic mass is 16.2. The Hall–Kier alpha value is -0.820. The molecule has 0 aliphatic heterocycles. The van der Waals surface area contributed by atoms with Crippen LogP contribution in [0.15, 0.2) is 38.0 Å². The SMILES string of the molecule is C=CCC(CC=C)(CC=C)CCCCCCCCCO. The summed E-state index contributed by atoms with van der Waals surface area (Å²) in [7, 11) is 0. The van der Waals surface area contributed by atoms with Gasteiger partial charge in [0.2, 0.25) is 0 Å². The Balaban J connectivity index is 3.91. The van der Waals surface area contributed by atoms with Gasteiger partial charge < -0.3 is 5.11 Å². The highest BCUT2D eigenvalue weighted by Crippen LogP contribution is 2.38. The van der Waals surface area contributed by atoms with Gasteiger partial charge in [0.1, 0.15) is 0 Å². The molecule has 0 rings (SSSR count). The lowest BCUT2D eigenvalue weighted by Gasteiger charge is -2.31. The van der Waals surface area contributed by atoms with E-state index in [1.807, 2.05) is 18.2 Å². The molecule has 20 heavy (non-hydrogen) atoms. The van der Waals surface area contributed by atoms with Gasteiger partial charge in [-0.05, 0) is 37.5 Å². The van der Waals surface area contributed by atoms with Gasteiger partial charge in [-0.25, -0.2) is 0 Å². The number of rotatable bonds is 15. The molecular weight excluding hydrogens is 244 g/mol. The number of allylic oxidation sites excluding steroid dienone is 3. The standard InChI is InChI=1S/C19H34O/c1-4-14-19(15-5-2,16-6-3)17-12-10-8-7-9-11-13-18-20/h4-6,20H,1-3,7-18H2. The molecule has 1 nitrogen and oxygen atoms in total. The third-order valence-corrected chi connectivity index (χ3v) is 4.10. The van der Waals surface area contributed by atoms with E-state index in [0.29, 0.717) is 12.0 Å². The summed E-state index contributed by atoms with van der Waals surface area (Å²) in [5.74, 6) is 0. The molecule has 0 amide bonds. The molecule has 0 aromatic carbocycles. The molecule has 0 radical (unpaired) electrons. The third-order valence-electron chi connectivity index (χ3n) is 4.10. The van der Waals surface area contributed by atoms with Crippen LogP contribution in [0.4, 0.5) is 0 Å². The Bertz CT molecular complexity index is 228. The molecule has 0 aliphatic carbocycles. The maximum absolute atomic E-state index is 8.72. The molecule has 0 bridgehead atoms. The van der Waals surface area contributed by atoms with Crippen molar-refractivity contribution in [2.75, 3.05) is 6.61 Å². The van der Waals surface area contributed by atoms with Gasteiger partial charge in [-0.2, -0.15) is 0 Å². The maximum Gasteiger partial charge on any atom is 0.0431 e. The van der Waals surface area contributed by atoms with Crippen LogP contribution in [0.5, 0.6) is 0 Å². The van der Waals surface area contributed by atoms with E-state index in [9.17, 15) is 0 Å². The minimum absolute atomic E-state index is 0.308. The van der Waals surface area contributed by atoms with Crippen molar-refractivity contribution < 1.29 is 5.11 Å². The number of hydrogen-bond donors (Lipinski definition) is 1. The Kier molecular flexibility index (Phi) is 12.6. The first-order valence-corrected chi connectivity index (χ1v) is 8.18. The summed E-state index contributed by atoms with van der Waals surface area (Å²) in [5.41, 5.74) is 0.308. The van der Waals surface area contributed by atoms with Crippen molar-refractivity contribution in [2.24, 2.45) is 5.41 Å². The highest BCUT2D eigenvalue weighted by molar-refractivity contribution is 4.95. The molecule has 0 aliphatic rings. The minimum Gasteiger partial charge on any atom is -0.396 e. The van der Waals surface area contributed by atoms with Crippen LogP contribution in [0, 0.1) is 5.41 Å². The first-order valence-electron chi connectivity index (χ1n) is 8.18. The van der Waals surface area contributed by atoms with E-state index in [1.54, 1.807) is 0 Å². The largest absolute Gasteiger partial charge is 0.396 e. The predicted molar refractivity (Wildman–Crippen MR) is 90.9 cm³/mol. The molecular formula is C19H34O. The molecule has 0 aromatic rings. The van der Waals surface area contributed by atoms with Gasteiger partial charge in [0, 0.05) is 6.61 Å². The second kappa shape index (κ2) is 13.2. The fourth-order valence-corrected chi connectivity index (χ4v) is 2.97. The number of aliphatic hydroxyl groups is 1. The molecule has 1 N–H and O–H groups in total. The Morgan fingerprint density at radius 1 is 0.650 bits per heavy atom. The topological polar surface area (TPSA) is 20.2 Å². The highest BCUT2D eigenvalue weighted by Gasteiger charge is 2.25. The van der Waals surface area contributed by atoms with Gasteiger partial charge in [0.15, 0.2) is 0 Å². The summed E-state index contributed by atoms with van der Waals surface area (Å²) < 4.78 is 0. The Morgan fingerprint density at radius 3 is 1.45 bits per heavy atom. The number of unbranched alkanes of at least 4 members (excludes halogenated alkanes) is 6. The normalized spacial score (nSPS) is 11.2. The summed E-state index contributed by atoms with van der Waals surface area (Å²) >= 11 is 0. The zero-order valence-corrected chi connectivity index (χ0v) is 13.3. The molecule has 116 valence electrons. The van der Waals surface area contributed by atoms with Crippen molar-refractivity contribution >= 4 is 0 Å². The van der Waals surface area contributed by atoms with Crippen LogP contribution >= 0.6 is 0 Å². The molecule has 0 atom stereocenters. The monoisotopic (exact) mass is 278 g/mol. The lowest BCUT2D eigenvalue weighted by molar-refractivity contribution is 0.260. The van der Waals surface area contributed by atoms with Gasteiger partial charge in [0.25, 0.3) is 0 Å². The van der Waals surface area contributed by atoms with E-state index < -0.39 is 0 Å². The van der Waals surface area contributed by atoms with Gasteiger partial charge in [-0.3, -0.25) is 0 Å². The van der Waals surface area contributed by atoms with Crippen LogP contribution in [-0.2, 0) is 0 Å². The van der Waals surface area contributed by atoms with Crippen molar-refractivity contribution in [3.8, 4) is 0 Å². The number of hydrogen-bond acceptors (Lipinski definition) is 1. The van der Waals surface area contributed by atoms with Crippen molar-refractivity contribution in [1.29, 1.82) is 0 Å². The summed E-state index contributed by atoms with van der Waals surface area (Å²) in [6.07, 6.45) is 19.2. The summed E-state index contributed by atoms with van der Waals surface area (Å²) in [6, 6.07) is 0. The molecule has 0 unspecified atom stereocenters. The quantitative estimate of drug-likeness (QED) is 0.296. The zero-order valence-electron chi connectivity index (χ0n) is 13.3. The minimum atomic E-state index is 0.308. The summed E-state index contributed by atoms with van der Waals surface area (Å²) in [6.45, 7) is 12.1. The predicted octanol–water partition coefficient (Wildman–Crippen LogP) is 5.81. The summed E-state index contributed by atoms with van der Waals surface area (Å²) in [5, 5.41) is 8.72.